The molecule has 2 aromatic carbocycles. The molecule has 0 bridgehead atoms. The molecule has 0 aromatic heterocycles. The quantitative estimate of drug-likeness (QED) is 0.365. The van der Waals surface area contributed by atoms with Gasteiger partial charge in [0, 0.05) is 22.6 Å². The number of esters is 1. The van der Waals surface area contributed by atoms with Gasteiger partial charge in [-0.05, 0) is 48.7 Å². The number of carbonyl (C=O) groups excluding carboxylic acids is 1. The third-order valence-electron chi connectivity index (χ3n) is 5.02. The number of fused-ring (bicyclic) bond motifs is 2. The van der Waals surface area contributed by atoms with Crippen LogP contribution in [-0.2, 0) is 11.2 Å². The second kappa shape index (κ2) is 6.97. The molecule has 0 saturated heterocycles. The molecular formula is C24H20O4. The molecule has 2 aliphatic rings. The minimum absolute atomic E-state index is 0.120. The van der Waals surface area contributed by atoms with Gasteiger partial charge in [0.25, 0.3) is 0 Å². The van der Waals surface area contributed by atoms with Crippen molar-refractivity contribution in [2.75, 3.05) is 7.11 Å². The number of ether oxygens (including phenoxy) is 1. The highest BCUT2D eigenvalue weighted by Crippen LogP contribution is 2.41. The van der Waals surface area contributed by atoms with Crippen molar-refractivity contribution in [3.05, 3.63) is 81.5 Å². The summed E-state index contributed by atoms with van der Waals surface area (Å²) in [5.74, 6) is 0.103. The van der Waals surface area contributed by atoms with E-state index >= 15 is 0 Å². The first kappa shape index (κ1) is 18.0. The SMILES string of the molecule is CCc1ccc2c(-c3ccc(C)cc3C(=O)OC)c3ccc(=O)cc-3oc2c1. The van der Waals surface area contributed by atoms with Crippen molar-refractivity contribution < 1.29 is 13.9 Å². The molecule has 0 atom stereocenters. The minimum atomic E-state index is -0.397. The summed E-state index contributed by atoms with van der Waals surface area (Å²) >= 11 is 0. The fourth-order valence-electron chi connectivity index (χ4n) is 3.58. The molecule has 1 aliphatic carbocycles. The fourth-order valence-corrected chi connectivity index (χ4v) is 3.58. The second-order valence-electron chi connectivity index (χ2n) is 6.86. The molecule has 4 nitrogen and oxygen atoms in total. The third-order valence-corrected chi connectivity index (χ3v) is 5.02. The Hall–Kier alpha value is -3.40. The lowest BCUT2D eigenvalue weighted by molar-refractivity contribution is 0.0601. The van der Waals surface area contributed by atoms with E-state index in [1.807, 2.05) is 37.3 Å². The first-order chi connectivity index (χ1) is 13.5. The maximum absolute atomic E-state index is 12.5. The Labute approximate surface area is 162 Å². The monoisotopic (exact) mass is 372 g/mol. The number of methoxy groups -OCH3 is 1. The lowest BCUT2D eigenvalue weighted by Gasteiger charge is -2.17. The number of hydrogen-bond acceptors (Lipinski definition) is 4. The predicted octanol–water partition coefficient (Wildman–Crippen LogP) is 5.22. The zero-order valence-corrected chi connectivity index (χ0v) is 16.0. The van der Waals surface area contributed by atoms with Crippen molar-refractivity contribution in [1.29, 1.82) is 0 Å². The number of hydrogen-bond donors (Lipinski definition) is 0. The van der Waals surface area contributed by atoms with Gasteiger partial charge >= 0.3 is 5.97 Å². The lowest BCUT2D eigenvalue weighted by atomic mass is 9.89. The fraction of sp³-hybridized carbons (Fsp3) is 0.167. The molecular weight excluding hydrogens is 352 g/mol. The maximum Gasteiger partial charge on any atom is 0.338 e. The van der Waals surface area contributed by atoms with E-state index in [-0.39, 0.29) is 5.43 Å². The highest BCUT2D eigenvalue weighted by atomic mass is 16.5. The van der Waals surface area contributed by atoms with Crippen molar-refractivity contribution in [3.8, 4) is 22.5 Å². The van der Waals surface area contributed by atoms with Gasteiger partial charge in [-0.2, -0.15) is 0 Å². The van der Waals surface area contributed by atoms with Gasteiger partial charge < -0.3 is 9.15 Å². The summed E-state index contributed by atoms with van der Waals surface area (Å²) in [6.07, 6.45) is 0.873. The van der Waals surface area contributed by atoms with Crippen LogP contribution in [0.5, 0.6) is 0 Å². The molecule has 4 heteroatoms. The summed E-state index contributed by atoms with van der Waals surface area (Å²) in [6.45, 7) is 4.01. The Kier molecular flexibility index (Phi) is 4.47. The van der Waals surface area contributed by atoms with Crippen LogP contribution in [0.2, 0.25) is 0 Å². The summed E-state index contributed by atoms with van der Waals surface area (Å²) < 4.78 is 11.1. The van der Waals surface area contributed by atoms with Crippen LogP contribution in [0.4, 0.5) is 0 Å². The van der Waals surface area contributed by atoms with Crippen molar-refractivity contribution in [3.63, 3.8) is 0 Å². The molecule has 1 aliphatic heterocycles. The maximum atomic E-state index is 12.5. The molecule has 0 radical (unpaired) electrons. The predicted molar refractivity (Wildman–Crippen MR) is 110 cm³/mol. The molecule has 2 aromatic rings. The van der Waals surface area contributed by atoms with Gasteiger partial charge in [0.2, 0.25) is 0 Å². The van der Waals surface area contributed by atoms with Crippen molar-refractivity contribution in [2.24, 2.45) is 0 Å². The molecule has 0 fully saturated rings. The summed E-state index contributed by atoms with van der Waals surface area (Å²) in [7, 11) is 1.38. The van der Waals surface area contributed by atoms with Gasteiger partial charge in [-0.1, -0.05) is 36.8 Å². The van der Waals surface area contributed by atoms with Gasteiger partial charge in [-0.15, -0.1) is 0 Å². The number of rotatable bonds is 3. The molecule has 0 unspecified atom stereocenters. The number of aryl methyl sites for hydroxylation is 2. The zero-order chi connectivity index (χ0) is 19.8. The van der Waals surface area contributed by atoms with Crippen LogP contribution in [0.3, 0.4) is 0 Å². The zero-order valence-electron chi connectivity index (χ0n) is 16.0. The van der Waals surface area contributed by atoms with Gasteiger partial charge in [0.1, 0.15) is 11.3 Å². The summed E-state index contributed by atoms with van der Waals surface area (Å²) in [6, 6.07) is 16.5. The van der Waals surface area contributed by atoms with Crippen LogP contribution in [0.1, 0.15) is 28.4 Å². The van der Waals surface area contributed by atoms with Crippen molar-refractivity contribution in [1.82, 2.24) is 0 Å². The van der Waals surface area contributed by atoms with E-state index in [4.69, 9.17) is 9.15 Å². The molecule has 140 valence electrons. The van der Waals surface area contributed by atoms with Gasteiger partial charge in [0.15, 0.2) is 5.43 Å². The van der Waals surface area contributed by atoms with Gasteiger partial charge in [-0.25, -0.2) is 4.79 Å². The second-order valence-corrected chi connectivity index (χ2v) is 6.86. The summed E-state index contributed by atoms with van der Waals surface area (Å²) in [5, 5.41) is 0.886. The summed E-state index contributed by atoms with van der Waals surface area (Å²) in [5.41, 5.74) is 5.55. The summed E-state index contributed by atoms with van der Waals surface area (Å²) in [4.78, 5) is 24.4. The van der Waals surface area contributed by atoms with Gasteiger partial charge in [0.05, 0.1) is 12.7 Å². The average molecular weight is 372 g/mol. The van der Waals surface area contributed by atoms with Crippen LogP contribution in [-0.4, -0.2) is 13.1 Å². The topological polar surface area (TPSA) is 56.5 Å². The van der Waals surface area contributed by atoms with E-state index in [2.05, 4.69) is 13.0 Å². The first-order valence-corrected chi connectivity index (χ1v) is 9.20. The highest BCUT2D eigenvalue weighted by Gasteiger charge is 2.22. The third kappa shape index (κ3) is 2.97. The van der Waals surface area contributed by atoms with Crippen LogP contribution < -0.4 is 5.43 Å². The minimum Gasteiger partial charge on any atom is -0.465 e. The lowest BCUT2D eigenvalue weighted by Crippen LogP contribution is -2.06. The first-order valence-electron chi connectivity index (χ1n) is 9.20. The molecule has 0 saturated carbocycles. The molecule has 1 heterocycles. The normalized spacial score (nSPS) is 11.1. The van der Waals surface area contributed by atoms with Crippen LogP contribution in [0, 0.1) is 6.92 Å². The van der Waals surface area contributed by atoms with Crippen LogP contribution >= 0.6 is 0 Å². The molecule has 4 rings (SSSR count). The Morgan fingerprint density at radius 2 is 1.79 bits per heavy atom. The Morgan fingerprint density at radius 1 is 1.00 bits per heavy atom. The van der Waals surface area contributed by atoms with E-state index in [0.717, 1.165) is 39.6 Å². The number of carbonyl (C=O) groups is 1. The van der Waals surface area contributed by atoms with E-state index in [0.29, 0.717) is 16.9 Å². The molecule has 0 amide bonds. The van der Waals surface area contributed by atoms with E-state index in [9.17, 15) is 9.59 Å². The van der Waals surface area contributed by atoms with Crippen molar-refractivity contribution in [2.45, 2.75) is 20.3 Å². The van der Waals surface area contributed by atoms with Crippen LogP contribution in [0.15, 0.2) is 63.8 Å². The Morgan fingerprint density at radius 3 is 2.54 bits per heavy atom. The molecule has 0 spiro atoms. The molecule has 0 N–H and O–H groups in total. The van der Waals surface area contributed by atoms with E-state index in [1.54, 1.807) is 6.07 Å². The van der Waals surface area contributed by atoms with Gasteiger partial charge in [-0.3, -0.25) is 4.79 Å². The van der Waals surface area contributed by atoms with E-state index in [1.165, 1.54) is 19.2 Å². The average Bonchev–Trinajstić information content (AvgIpc) is 2.71. The standard InChI is InChI=1S/C24H20O4/c1-4-15-6-9-18-21(12-15)28-22-13-16(25)7-10-19(22)23(18)17-8-5-14(2)11-20(17)24(26)27-3/h5-13H,4H2,1-3H3. The highest BCUT2D eigenvalue weighted by molar-refractivity contribution is 6.07. The smallest absolute Gasteiger partial charge is 0.338 e. The largest absolute Gasteiger partial charge is 0.465 e. The Balaban J connectivity index is 2.17. The van der Waals surface area contributed by atoms with Crippen LogP contribution in [0.25, 0.3) is 33.4 Å². The molecule has 28 heavy (non-hydrogen) atoms. The Bertz CT molecular complexity index is 1230. The van der Waals surface area contributed by atoms with E-state index < -0.39 is 5.97 Å². The number of benzene rings is 3. The van der Waals surface area contributed by atoms with Crippen molar-refractivity contribution >= 4 is 16.9 Å².